The number of rotatable bonds is 3. The van der Waals surface area contributed by atoms with Crippen LogP contribution in [0.25, 0.3) is 0 Å². The molecule has 0 bridgehead atoms. The zero-order valence-corrected chi connectivity index (χ0v) is 9.95. The molecule has 0 fully saturated rings. The fraction of sp³-hybridized carbons (Fsp3) is 0.167. The van der Waals surface area contributed by atoms with Crippen molar-refractivity contribution in [3.63, 3.8) is 0 Å². The fourth-order valence-corrected chi connectivity index (χ4v) is 1.61. The van der Waals surface area contributed by atoms with Gasteiger partial charge in [-0.15, -0.1) is 0 Å². The Balaban J connectivity index is 2.18. The van der Waals surface area contributed by atoms with Crippen LogP contribution in [0.15, 0.2) is 36.5 Å². The van der Waals surface area contributed by atoms with Gasteiger partial charge in [0.1, 0.15) is 0 Å². The van der Waals surface area contributed by atoms with Gasteiger partial charge >= 0.3 is 0 Å². The van der Waals surface area contributed by atoms with Crippen molar-refractivity contribution < 1.29 is 4.39 Å². The predicted octanol–water partition coefficient (Wildman–Crippen LogP) is 3.44. The Morgan fingerprint density at radius 3 is 2.71 bits per heavy atom. The molecule has 1 atom stereocenters. The minimum Gasteiger partial charge on any atom is -0.361 e. The fourth-order valence-electron chi connectivity index (χ4n) is 1.48. The van der Waals surface area contributed by atoms with E-state index in [-0.39, 0.29) is 17.1 Å². The lowest BCUT2D eigenvalue weighted by atomic mass is 10.1. The Kier molecular flexibility index (Phi) is 3.54. The van der Waals surface area contributed by atoms with Gasteiger partial charge in [0, 0.05) is 0 Å². The molecule has 1 N–H and O–H groups in total. The number of anilines is 1. The molecule has 1 aromatic heterocycles. The van der Waals surface area contributed by atoms with Crippen LogP contribution in [0.1, 0.15) is 18.5 Å². The summed E-state index contributed by atoms with van der Waals surface area (Å²) in [7, 11) is 0. The van der Waals surface area contributed by atoms with Gasteiger partial charge in [0.2, 0.25) is 5.28 Å². The molecule has 0 aliphatic rings. The predicted molar refractivity (Wildman–Crippen MR) is 65.5 cm³/mol. The van der Waals surface area contributed by atoms with E-state index in [1.165, 1.54) is 0 Å². The zero-order chi connectivity index (χ0) is 12.3. The molecule has 17 heavy (non-hydrogen) atoms. The highest BCUT2D eigenvalue weighted by atomic mass is 35.5. The van der Waals surface area contributed by atoms with E-state index in [2.05, 4.69) is 15.3 Å². The van der Waals surface area contributed by atoms with E-state index in [9.17, 15) is 4.39 Å². The molecule has 0 aliphatic carbocycles. The standard InChI is InChI=1S/C12H11ClFN3/c1-8(9-5-3-2-4-6-9)16-11-10(14)7-15-12(13)17-11/h2-8H,1H3,(H,15,16,17)/t8-/m0/s1. The second-order valence-electron chi connectivity index (χ2n) is 3.61. The van der Waals surface area contributed by atoms with E-state index < -0.39 is 5.82 Å². The average Bonchev–Trinajstić information content (AvgIpc) is 2.35. The number of nitrogens with one attached hydrogen (secondary N) is 1. The molecular weight excluding hydrogens is 241 g/mol. The molecule has 0 unspecified atom stereocenters. The largest absolute Gasteiger partial charge is 0.361 e. The summed E-state index contributed by atoms with van der Waals surface area (Å²) in [6.45, 7) is 1.92. The third-order valence-corrected chi connectivity index (χ3v) is 2.55. The second kappa shape index (κ2) is 5.10. The van der Waals surface area contributed by atoms with Crippen LogP contribution in [0.5, 0.6) is 0 Å². The Hall–Kier alpha value is -1.68. The van der Waals surface area contributed by atoms with Gasteiger partial charge in [-0.25, -0.2) is 9.37 Å². The van der Waals surface area contributed by atoms with E-state index >= 15 is 0 Å². The molecule has 0 saturated heterocycles. The molecule has 0 radical (unpaired) electrons. The number of aromatic nitrogens is 2. The summed E-state index contributed by atoms with van der Waals surface area (Å²) >= 11 is 5.62. The molecule has 1 heterocycles. The molecule has 0 spiro atoms. The van der Waals surface area contributed by atoms with E-state index in [0.717, 1.165) is 11.8 Å². The van der Waals surface area contributed by atoms with Gasteiger partial charge in [0.05, 0.1) is 12.2 Å². The van der Waals surface area contributed by atoms with Gasteiger partial charge in [-0.1, -0.05) is 30.3 Å². The second-order valence-corrected chi connectivity index (χ2v) is 3.95. The Morgan fingerprint density at radius 1 is 1.29 bits per heavy atom. The van der Waals surface area contributed by atoms with E-state index in [1.807, 2.05) is 37.3 Å². The summed E-state index contributed by atoms with van der Waals surface area (Å²) in [5, 5.41) is 2.98. The summed E-state index contributed by atoms with van der Waals surface area (Å²) in [6.07, 6.45) is 1.05. The van der Waals surface area contributed by atoms with E-state index in [4.69, 9.17) is 11.6 Å². The van der Waals surface area contributed by atoms with Gasteiger partial charge < -0.3 is 5.32 Å². The summed E-state index contributed by atoms with van der Waals surface area (Å²) in [4.78, 5) is 7.37. The topological polar surface area (TPSA) is 37.8 Å². The lowest BCUT2D eigenvalue weighted by molar-refractivity contribution is 0.613. The van der Waals surface area contributed by atoms with Crippen LogP contribution in [-0.2, 0) is 0 Å². The zero-order valence-electron chi connectivity index (χ0n) is 9.19. The Labute approximate surface area is 104 Å². The quantitative estimate of drug-likeness (QED) is 0.849. The van der Waals surface area contributed by atoms with E-state index in [1.54, 1.807) is 0 Å². The smallest absolute Gasteiger partial charge is 0.224 e. The van der Waals surface area contributed by atoms with Crippen LogP contribution in [0.2, 0.25) is 5.28 Å². The van der Waals surface area contributed by atoms with Gasteiger partial charge in [0.25, 0.3) is 0 Å². The van der Waals surface area contributed by atoms with Gasteiger partial charge in [-0.3, -0.25) is 0 Å². The third-order valence-electron chi connectivity index (χ3n) is 2.37. The monoisotopic (exact) mass is 251 g/mol. The molecule has 2 aromatic rings. The van der Waals surface area contributed by atoms with Gasteiger partial charge in [-0.05, 0) is 24.1 Å². The van der Waals surface area contributed by atoms with E-state index in [0.29, 0.717) is 0 Å². The molecule has 1 aromatic carbocycles. The first kappa shape index (κ1) is 11.8. The van der Waals surface area contributed by atoms with Crippen LogP contribution in [0.3, 0.4) is 0 Å². The lowest BCUT2D eigenvalue weighted by Gasteiger charge is -2.15. The van der Waals surface area contributed by atoms with Crippen molar-refractivity contribution in [2.45, 2.75) is 13.0 Å². The van der Waals surface area contributed by atoms with Gasteiger partial charge in [0.15, 0.2) is 11.6 Å². The van der Waals surface area contributed by atoms with Crippen molar-refractivity contribution in [3.8, 4) is 0 Å². The van der Waals surface area contributed by atoms with Crippen molar-refractivity contribution in [2.24, 2.45) is 0 Å². The molecule has 0 amide bonds. The maximum Gasteiger partial charge on any atom is 0.224 e. The summed E-state index contributed by atoms with van der Waals surface area (Å²) in [6, 6.07) is 9.64. The van der Waals surface area contributed by atoms with Crippen molar-refractivity contribution in [3.05, 3.63) is 53.2 Å². The van der Waals surface area contributed by atoms with Crippen LogP contribution in [0, 0.1) is 5.82 Å². The number of benzene rings is 1. The molecule has 0 saturated carbocycles. The third kappa shape index (κ3) is 2.91. The first-order valence-electron chi connectivity index (χ1n) is 5.16. The first-order valence-corrected chi connectivity index (χ1v) is 5.54. The molecule has 5 heteroatoms. The van der Waals surface area contributed by atoms with Crippen molar-refractivity contribution in [2.75, 3.05) is 5.32 Å². The number of hydrogen-bond acceptors (Lipinski definition) is 3. The molecule has 2 rings (SSSR count). The van der Waals surface area contributed by atoms with Gasteiger partial charge in [-0.2, -0.15) is 4.98 Å². The molecular formula is C12H11ClFN3. The van der Waals surface area contributed by atoms with Crippen molar-refractivity contribution in [1.82, 2.24) is 9.97 Å². The number of hydrogen-bond donors (Lipinski definition) is 1. The first-order chi connectivity index (χ1) is 8.16. The van der Waals surface area contributed by atoms with Crippen molar-refractivity contribution >= 4 is 17.4 Å². The minimum absolute atomic E-state index is 0.0224. The van der Waals surface area contributed by atoms with Crippen LogP contribution in [0.4, 0.5) is 10.2 Å². The highest BCUT2D eigenvalue weighted by Crippen LogP contribution is 2.20. The summed E-state index contributed by atoms with van der Waals surface area (Å²) < 4.78 is 13.4. The lowest BCUT2D eigenvalue weighted by Crippen LogP contribution is -2.09. The SMILES string of the molecule is C[C@H](Nc1nc(Cl)ncc1F)c1ccccc1. The molecule has 0 aliphatic heterocycles. The molecule has 88 valence electrons. The highest BCUT2D eigenvalue weighted by Gasteiger charge is 2.10. The van der Waals surface area contributed by atoms with Crippen LogP contribution in [-0.4, -0.2) is 9.97 Å². The Bertz CT molecular complexity index is 504. The average molecular weight is 252 g/mol. The Morgan fingerprint density at radius 2 is 2.00 bits per heavy atom. The number of nitrogens with zero attached hydrogens (tertiary/aromatic N) is 2. The number of halogens is 2. The summed E-state index contributed by atoms with van der Waals surface area (Å²) in [5.74, 6) is -0.404. The van der Waals surface area contributed by atoms with Crippen LogP contribution < -0.4 is 5.32 Å². The minimum atomic E-state index is -0.516. The highest BCUT2D eigenvalue weighted by molar-refractivity contribution is 6.28. The maximum absolute atomic E-state index is 13.4. The van der Waals surface area contributed by atoms with Crippen molar-refractivity contribution in [1.29, 1.82) is 0 Å². The normalized spacial score (nSPS) is 12.2. The molecule has 3 nitrogen and oxygen atoms in total. The summed E-state index contributed by atoms with van der Waals surface area (Å²) in [5.41, 5.74) is 1.04. The van der Waals surface area contributed by atoms with Crippen LogP contribution >= 0.6 is 11.6 Å². The maximum atomic E-state index is 13.4.